The first-order valence-corrected chi connectivity index (χ1v) is 5.79. The molecule has 1 heterocycles. The van der Waals surface area contributed by atoms with Crippen molar-refractivity contribution in [1.82, 2.24) is 14.8 Å². The largest absolute Gasteiger partial charge is 0.494 e. The second-order valence-electron chi connectivity index (χ2n) is 3.89. The maximum absolute atomic E-state index is 12.1. The number of carbonyl (C=O) groups is 1. The Balaban J connectivity index is 2.21. The second kappa shape index (κ2) is 5.38. The first kappa shape index (κ1) is 12.9. The van der Waals surface area contributed by atoms with Gasteiger partial charge in [0, 0.05) is 24.4 Å². The highest BCUT2D eigenvalue weighted by Gasteiger charge is 2.11. The fourth-order valence-corrected chi connectivity index (χ4v) is 1.59. The highest BCUT2D eigenvalue weighted by molar-refractivity contribution is 6.04. The Hall–Kier alpha value is -2.57. The summed E-state index contributed by atoms with van der Waals surface area (Å²) >= 11 is 0. The van der Waals surface area contributed by atoms with Gasteiger partial charge in [0.1, 0.15) is 12.1 Å². The van der Waals surface area contributed by atoms with E-state index in [1.165, 1.54) is 11.0 Å². The van der Waals surface area contributed by atoms with E-state index >= 15 is 0 Å². The van der Waals surface area contributed by atoms with Gasteiger partial charge in [-0.25, -0.2) is 4.68 Å². The van der Waals surface area contributed by atoms with Crippen molar-refractivity contribution in [3.05, 3.63) is 30.1 Å². The van der Waals surface area contributed by atoms with E-state index in [9.17, 15) is 4.79 Å². The van der Waals surface area contributed by atoms with Gasteiger partial charge in [-0.1, -0.05) is 0 Å². The molecule has 1 amide bonds. The molecule has 19 heavy (non-hydrogen) atoms. The minimum Gasteiger partial charge on any atom is -0.494 e. The Morgan fingerprint density at radius 3 is 2.89 bits per heavy atom. The molecule has 0 saturated carbocycles. The topological polar surface area (TPSA) is 95.1 Å². The van der Waals surface area contributed by atoms with Gasteiger partial charge in [0.05, 0.1) is 6.61 Å². The number of nitrogens with one attached hydrogen (secondary N) is 1. The number of aryl methyl sites for hydroxylation is 1. The van der Waals surface area contributed by atoms with Gasteiger partial charge < -0.3 is 10.5 Å². The summed E-state index contributed by atoms with van der Waals surface area (Å²) in [6.45, 7) is 2.37. The molecule has 3 N–H and O–H groups in total. The number of amides is 1. The van der Waals surface area contributed by atoms with Crippen molar-refractivity contribution in [2.75, 3.05) is 17.7 Å². The summed E-state index contributed by atoms with van der Waals surface area (Å²) in [5.41, 5.74) is 6.61. The van der Waals surface area contributed by atoms with Gasteiger partial charge in [-0.3, -0.25) is 10.1 Å². The Bertz CT molecular complexity index is 594. The number of nitrogens with zero attached hydrogens (tertiary/aromatic N) is 3. The van der Waals surface area contributed by atoms with Crippen LogP contribution in [0.1, 0.15) is 17.3 Å². The van der Waals surface area contributed by atoms with Gasteiger partial charge >= 0.3 is 0 Å². The number of benzene rings is 1. The molecule has 0 bridgehead atoms. The number of carbonyl (C=O) groups excluding carboxylic acids is 1. The van der Waals surface area contributed by atoms with Crippen LogP contribution in [-0.2, 0) is 7.05 Å². The van der Waals surface area contributed by atoms with Gasteiger partial charge in [-0.05, 0) is 19.1 Å². The second-order valence-corrected chi connectivity index (χ2v) is 3.89. The number of anilines is 2. The average Bonchev–Trinajstić information content (AvgIpc) is 2.75. The normalized spacial score (nSPS) is 10.2. The molecule has 0 radical (unpaired) electrons. The maximum Gasteiger partial charge on any atom is 0.258 e. The Labute approximate surface area is 110 Å². The van der Waals surface area contributed by atoms with E-state index in [1.807, 2.05) is 6.92 Å². The van der Waals surface area contributed by atoms with Gasteiger partial charge in [-0.2, -0.15) is 10.1 Å². The van der Waals surface area contributed by atoms with Crippen LogP contribution in [-0.4, -0.2) is 27.3 Å². The minimum atomic E-state index is -0.315. The monoisotopic (exact) mass is 261 g/mol. The van der Waals surface area contributed by atoms with Crippen LogP contribution in [0.25, 0.3) is 0 Å². The van der Waals surface area contributed by atoms with E-state index in [0.717, 1.165) is 0 Å². The lowest BCUT2D eigenvalue weighted by Gasteiger charge is -2.08. The van der Waals surface area contributed by atoms with Gasteiger partial charge in [0.15, 0.2) is 0 Å². The van der Waals surface area contributed by atoms with Crippen molar-refractivity contribution in [3.63, 3.8) is 0 Å². The lowest BCUT2D eigenvalue weighted by Crippen LogP contribution is -2.15. The van der Waals surface area contributed by atoms with Crippen molar-refractivity contribution in [2.24, 2.45) is 7.05 Å². The third-order valence-corrected chi connectivity index (χ3v) is 2.44. The van der Waals surface area contributed by atoms with Crippen molar-refractivity contribution < 1.29 is 9.53 Å². The van der Waals surface area contributed by atoms with Gasteiger partial charge in [0.25, 0.3) is 5.91 Å². The van der Waals surface area contributed by atoms with E-state index < -0.39 is 0 Å². The summed E-state index contributed by atoms with van der Waals surface area (Å²) in [5, 5.41) is 6.51. The van der Waals surface area contributed by atoms with Crippen LogP contribution in [0.4, 0.5) is 11.6 Å². The molecule has 0 atom stereocenters. The van der Waals surface area contributed by atoms with Crippen molar-refractivity contribution in [1.29, 1.82) is 0 Å². The predicted molar refractivity (Wildman–Crippen MR) is 71.0 cm³/mol. The van der Waals surface area contributed by atoms with Crippen molar-refractivity contribution in [2.45, 2.75) is 6.92 Å². The molecule has 0 aliphatic carbocycles. The number of rotatable bonds is 4. The summed E-state index contributed by atoms with van der Waals surface area (Å²) in [6.07, 6.45) is 1.36. The Kier molecular flexibility index (Phi) is 3.65. The van der Waals surface area contributed by atoms with E-state index in [1.54, 1.807) is 25.2 Å². The number of hydrogen-bond acceptors (Lipinski definition) is 5. The Morgan fingerprint density at radius 1 is 1.47 bits per heavy atom. The van der Waals surface area contributed by atoms with Crippen molar-refractivity contribution >= 4 is 17.5 Å². The van der Waals surface area contributed by atoms with Crippen LogP contribution in [0.5, 0.6) is 5.75 Å². The summed E-state index contributed by atoms with van der Waals surface area (Å²) in [7, 11) is 1.69. The lowest BCUT2D eigenvalue weighted by atomic mass is 10.2. The SMILES string of the molecule is CCOc1cc(N)cc(C(=O)Nc2ncnn2C)c1. The minimum absolute atomic E-state index is 0.315. The summed E-state index contributed by atoms with van der Waals surface area (Å²) in [5.74, 6) is 0.611. The molecule has 0 aliphatic heterocycles. The van der Waals surface area contributed by atoms with Crippen LogP contribution in [0.2, 0.25) is 0 Å². The quantitative estimate of drug-likeness (QED) is 0.802. The van der Waals surface area contributed by atoms with E-state index in [4.69, 9.17) is 10.5 Å². The highest BCUT2D eigenvalue weighted by Crippen LogP contribution is 2.19. The third-order valence-electron chi connectivity index (χ3n) is 2.44. The molecule has 2 rings (SSSR count). The standard InChI is InChI=1S/C12H15N5O2/c1-3-19-10-5-8(4-9(13)6-10)11(18)16-12-14-7-15-17(12)2/h4-7H,3,13H2,1-2H3,(H,14,15,16,18). The number of aromatic nitrogens is 3. The molecule has 0 fully saturated rings. The molecule has 7 nitrogen and oxygen atoms in total. The molecular weight excluding hydrogens is 246 g/mol. The fraction of sp³-hybridized carbons (Fsp3) is 0.250. The summed E-state index contributed by atoms with van der Waals surface area (Å²) in [4.78, 5) is 16.0. The smallest absolute Gasteiger partial charge is 0.258 e. The van der Waals surface area contributed by atoms with Crippen LogP contribution in [0.15, 0.2) is 24.5 Å². The van der Waals surface area contributed by atoms with Crippen molar-refractivity contribution in [3.8, 4) is 5.75 Å². The first-order valence-electron chi connectivity index (χ1n) is 5.79. The summed E-state index contributed by atoms with van der Waals surface area (Å²) < 4.78 is 6.81. The first-order chi connectivity index (χ1) is 9.10. The molecule has 0 saturated heterocycles. The Morgan fingerprint density at radius 2 is 2.26 bits per heavy atom. The predicted octanol–water partition coefficient (Wildman–Crippen LogP) is 1.05. The van der Waals surface area contributed by atoms with Crippen LogP contribution >= 0.6 is 0 Å². The number of nitrogen functional groups attached to an aromatic ring is 1. The van der Waals surface area contributed by atoms with Gasteiger partial charge in [-0.15, -0.1) is 0 Å². The number of ether oxygens (including phenoxy) is 1. The number of hydrogen-bond donors (Lipinski definition) is 2. The van der Waals surface area contributed by atoms with E-state index in [-0.39, 0.29) is 5.91 Å². The molecule has 0 unspecified atom stereocenters. The fourth-order valence-electron chi connectivity index (χ4n) is 1.59. The van der Waals surface area contributed by atoms with E-state index in [2.05, 4.69) is 15.4 Å². The number of nitrogens with two attached hydrogens (primary N) is 1. The zero-order valence-electron chi connectivity index (χ0n) is 10.8. The molecule has 0 spiro atoms. The summed E-state index contributed by atoms with van der Waals surface area (Å²) in [6, 6.07) is 4.88. The molecule has 100 valence electrons. The molecule has 1 aromatic heterocycles. The maximum atomic E-state index is 12.1. The van der Waals surface area contributed by atoms with E-state index in [0.29, 0.717) is 29.6 Å². The molecular formula is C12H15N5O2. The molecule has 2 aromatic rings. The molecule has 1 aromatic carbocycles. The van der Waals surface area contributed by atoms with Crippen LogP contribution in [0, 0.1) is 0 Å². The highest BCUT2D eigenvalue weighted by atomic mass is 16.5. The lowest BCUT2D eigenvalue weighted by molar-refractivity contribution is 0.102. The molecule has 0 aliphatic rings. The van der Waals surface area contributed by atoms with Gasteiger partial charge in [0.2, 0.25) is 5.95 Å². The third kappa shape index (κ3) is 3.01. The average molecular weight is 261 g/mol. The molecule has 7 heteroatoms. The van der Waals surface area contributed by atoms with Crippen LogP contribution in [0.3, 0.4) is 0 Å². The zero-order valence-corrected chi connectivity index (χ0v) is 10.8. The zero-order chi connectivity index (χ0) is 13.8. The van der Waals surface area contributed by atoms with Crippen LogP contribution < -0.4 is 15.8 Å².